The highest BCUT2D eigenvalue weighted by atomic mass is 35.5. The minimum atomic E-state index is -0.0294. The zero-order chi connectivity index (χ0) is 13.5. The van der Waals surface area contributed by atoms with Crippen molar-refractivity contribution in [2.24, 2.45) is 11.8 Å². The van der Waals surface area contributed by atoms with E-state index in [4.69, 9.17) is 4.74 Å². The van der Waals surface area contributed by atoms with Gasteiger partial charge in [0, 0.05) is 0 Å². The molecule has 3 nitrogen and oxygen atoms in total. The second kappa shape index (κ2) is 8.98. The van der Waals surface area contributed by atoms with Gasteiger partial charge in [-0.2, -0.15) is 0 Å². The van der Waals surface area contributed by atoms with Crippen molar-refractivity contribution in [1.29, 1.82) is 0 Å². The Balaban J connectivity index is 0.00000200. The smallest absolute Gasteiger partial charge is 0.309 e. The third-order valence-electron chi connectivity index (χ3n) is 3.92. The van der Waals surface area contributed by atoms with Crippen LogP contribution in [0.2, 0.25) is 0 Å². The molecule has 1 aliphatic heterocycles. The van der Waals surface area contributed by atoms with Crippen LogP contribution < -0.4 is 5.32 Å². The number of carbonyl (C=O) groups excluding carboxylic acids is 1. The summed E-state index contributed by atoms with van der Waals surface area (Å²) in [5.74, 6) is 0.513. The molecule has 1 saturated heterocycles. The monoisotopic (exact) mass is 297 g/mol. The third-order valence-corrected chi connectivity index (χ3v) is 3.92. The first kappa shape index (κ1) is 17.0. The molecule has 20 heavy (non-hydrogen) atoms. The Morgan fingerprint density at radius 1 is 1.30 bits per heavy atom. The first-order valence-electron chi connectivity index (χ1n) is 7.22. The van der Waals surface area contributed by atoms with Crippen molar-refractivity contribution in [3.63, 3.8) is 0 Å². The lowest BCUT2D eigenvalue weighted by molar-refractivity contribution is -0.152. The molecule has 0 aromatic heterocycles. The molecule has 1 unspecified atom stereocenters. The van der Waals surface area contributed by atoms with Crippen LogP contribution in [0.15, 0.2) is 30.3 Å². The molecule has 1 aromatic carbocycles. The summed E-state index contributed by atoms with van der Waals surface area (Å²) in [6, 6.07) is 9.87. The second-order valence-electron chi connectivity index (χ2n) is 5.20. The number of hydrogen-bond acceptors (Lipinski definition) is 3. The molecule has 1 atom stereocenters. The summed E-state index contributed by atoms with van der Waals surface area (Å²) in [4.78, 5) is 12.2. The van der Waals surface area contributed by atoms with E-state index in [0.29, 0.717) is 12.5 Å². The molecule has 2 rings (SSSR count). The fourth-order valence-corrected chi connectivity index (χ4v) is 2.77. The van der Waals surface area contributed by atoms with E-state index in [0.717, 1.165) is 37.9 Å². The fourth-order valence-electron chi connectivity index (χ4n) is 2.77. The maximum atomic E-state index is 12.2. The number of carbonyl (C=O) groups is 1. The molecule has 1 aromatic rings. The van der Waals surface area contributed by atoms with Gasteiger partial charge >= 0.3 is 5.97 Å². The average molecular weight is 298 g/mol. The van der Waals surface area contributed by atoms with E-state index < -0.39 is 0 Å². The minimum Gasteiger partial charge on any atom is -0.461 e. The van der Waals surface area contributed by atoms with Crippen molar-refractivity contribution in [3.8, 4) is 0 Å². The van der Waals surface area contributed by atoms with Crippen LogP contribution in [0.3, 0.4) is 0 Å². The number of piperidine rings is 1. The number of esters is 1. The Bertz CT molecular complexity index is 391. The highest BCUT2D eigenvalue weighted by Gasteiger charge is 2.29. The molecule has 0 aliphatic carbocycles. The van der Waals surface area contributed by atoms with Crippen molar-refractivity contribution < 1.29 is 9.53 Å². The topological polar surface area (TPSA) is 38.3 Å². The number of rotatable bonds is 5. The molecule has 1 heterocycles. The van der Waals surface area contributed by atoms with E-state index in [1.807, 2.05) is 30.3 Å². The van der Waals surface area contributed by atoms with Crippen LogP contribution in [0.4, 0.5) is 0 Å². The lowest BCUT2D eigenvalue weighted by Gasteiger charge is -2.28. The summed E-state index contributed by atoms with van der Waals surface area (Å²) >= 11 is 0. The van der Waals surface area contributed by atoms with E-state index in [2.05, 4.69) is 12.2 Å². The summed E-state index contributed by atoms with van der Waals surface area (Å²) in [6.45, 7) is 4.51. The van der Waals surface area contributed by atoms with Crippen molar-refractivity contribution in [1.82, 2.24) is 5.32 Å². The Morgan fingerprint density at radius 2 is 1.95 bits per heavy atom. The molecule has 1 aliphatic rings. The van der Waals surface area contributed by atoms with Gasteiger partial charge in [-0.25, -0.2) is 0 Å². The van der Waals surface area contributed by atoms with E-state index >= 15 is 0 Å². The van der Waals surface area contributed by atoms with Crippen LogP contribution in [0.1, 0.15) is 31.7 Å². The van der Waals surface area contributed by atoms with Crippen LogP contribution in [0.5, 0.6) is 0 Å². The first-order chi connectivity index (χ1) is 9.31. The van der Waals surface area contributed by atoms with Crippen LogP contribution in [0, 0.1) is 11.8 Å². The molecule has 0 bridgehead atoms. The number of nitrogens with one attached hydrogen (secondary N) is 1. The zero-order valence-corrected chi connectivity index (χ0v) is 12.8. The lowest BCUT2D eigenvalue weighted by Crippen LogP contribution is -2.35. The SMILES string of the molecule is CCC(C(=O)OCc1ccccc1)C1CCNCC1.Cl. The van der Waals surface area contributed by atoms with Crippen molar-refractivity contribution >= 4 is 18.4 Å². The predicted molar refractivity (Wildman–Crippen MR) is 82.9 cm³/mol. The van der Waals surface area contributed by atoms with Crippen LogP contribution in [-0.2, 0) is 16.1 Å². The Labute approximate surface area is 127 Å². The average Bonchev–Trinajstić information content (AvgIpc) is 2.48. The lowest BCUT2D eigenvalue weighted by atomic mass is 9.83. The zero-order valence-electron chi connectivity index (χ0n) is 12.0. The van der Waals surface area contributed by atoms with E-state index in [1.54, 1.807) is 0 Å². The van der Waals surface area contributed by atoms with Crippen molar-refractivity contribution in [3.05, 3.63) is 35.9 Å². The molecule has 0 saturated carbocycles. The van der Waals surface area contributed by atoms with Crippen LogP contribution in [-0.4, -0.2) is 19.1 Å². The van der Waals surface area contributed by atoms with E-state index in [-0.39, 0.29) is 24.3 Å². The fraction of sp³-hybridized carbons (Fsp3) is 0.562. The first-order valence-corrected chi connectivity index (χ1v) is 7.22. The van der Waals surface area contributed by atoms with Gasteiger partial charge in [-0.05, 0) is 43.8 Å². The number of ether oxygens (including phenoxy) is 1. The van der Waals surface area contributed by atoms with Crippen LogP contribution in [0.25, 0.3) is 0 Å². The second-order valence-corrected chi connectivity index (χ2v) is 5.20. The molecule has 0 amide bonds. The molecule has 1 N–H and O–H groups in total. The number of hydrogen-bond donors (Lipinski definition) is 1. The van der Waals surface area contributed by atoms with Crippen LogP contribution >= 0.6 is 12.4 Å². The highest BCUT2D eigenvalue weighted by Crippen LogP contribution is 2.26. The number of benzene rings is 1. The van der Waals surface area contributed by atoms with Gasteiger partial charge in [-0.1, -0.05) is 37.3 Å². The molecule has 0 radical (unpaired) electrons. The molecular formula is C16H24ClNO2. The Morgan fingerprint density at radius 3 is 2.55 bits per heavy atom. The quantitative estimate of drug-likeness (QED) is 0.848. The third kappa shape index (κ3) is 4.80. The van der Waals surface area contributed by atoms with Crippen molar-refractivity contribution in [2.75, 3.05) is 13.1 Å². The maximum Gasteiger partial charge on any atom is 0.309 e. The summed E-state index contributed by atoms with van der Waals surface area (Å²) in [7, 11) is 0. The minimum absolute atomic E-state index is 0. The normalized spacial score (nSPS) is 17.1. The summed E-state index contributed by atoms with van der Waals surface area (Å²) in [6.07, 6.45) is 3.04. The van der Waals surface area contributed by atoms with Gasteiger partial charge in [0.1, 0.15) is 6.61 Å². The van der Waals surface area contributed by atoms with Gasteiger partial charge in [-0.3, -0.25) is 4.79 Å². The highest BCUT2D eigenvalue weighted by molar-refractivity contribution is 5.85. The number of halogens is 1. The van der Waals surface area contributed by atoms with Gasteiger partial charge in [0.05, 0.1) is 5.92 Å². The maximum absolute atomic E-state index is 12.2. The molecule has 4 heteroatoms. The molecule has 1 fully saturated rings. The van der Waals surface area contributed by atoms with Gasteiger partial charge in [0.15, 0.2) is 0 Å². The predicted octanol–water partition coefficient (Wildman–Crippen LogP) is 3.18. The van der Waals surface area contributed by atoms with Gasteiger partial charge in [0.25, 0.3) is 0 Å². The largest absolute Gasteiger partial charge is 0.461 e. The van der Waals surface area contributed by atoms with E-state index in [1.165, 1.54) is 0 Å². The standard InChI is InChI=1S/C16H23NO2.ClH/c1-2-15(14-8-10-17-11-9-14)16(18)19-12-13-6-4-3-5-7-13;/h3-7,14-15,17H,2,8-12H2,1H3;1H. The molecule has 112 valence electrons. The summed E-state index contributed by atoms with van der Waals surface area (Å²) in [5, 5.41) is 3.34. The van der Waals surface area contributed by atoms with Gasteiger partial charge in [0.2, 0.25) is 0 Å². The van der Waals surface area contributed by atoms with E-state index in [9.17, 15) is 4.79 Å². The van der Waals surface area contributed by atoms with Crippen molar-refractivity contribution in [2.45, 2.75) is 32.8 Å². The Hall–Kier alpha value is -1.06. The molecule has 0 spiro atoms. The summed E-state index contributed by atoms with van der Waals surface area (Å²) in [5.41, 5.74) is 1.05. The summed E-state index contributed by atoms with van der Waals surface area (Å²) < 4.78 is 5.47. The van der Waals surface area contributed by atoms with Gasteiger partial charge < -0.3 is 10.1 Å². The van der Waals surface area contributed by atoms with Gasteiger partial charge in [-0.15, -0.1) is 12.4 Å². The Kier molecular flexibility index (Phi) is 7.63. The molecular weight excluding hydrogens is 274 g/mol.